The fourth-order valence-corrected chi connectivity index (χ4v) is 8.69. The Morgan fingerprint density at radius 3 is 1.87 bits per heavy atom. The van der Waals surface area contributed by atoms with Crippen LogP contribution in [0.1, 0.15) is 42.3 Å². The summed E-state index contributed by atoms with van der Waals surface area (Å²) in [6.07, 6.45) is 3.86. The first-order valence-electron chi connectivity index (χ1n) is 18.5. The van der Waals surface area contributed by atoms with Gasteiger partial charge in [-0.3, -0.25) is 4.99 Å². The van der Waals surface area contributed by atoms with E-state index in [-0.39, 0.29) is 6.17 Å². The van der Waals surface area contributed by atoms with E-state index < -0.39 is 0 Å². The topological polar surface area (TPSA) is 24.4 Å². The molecule has 1 atom stereocenters. The third-order valence-electron chi connectivity index (χ3n) is 10.2. The molecular weight excluding hydrogens is 661 g/mol. The summed E-state index contributed by atoms with van der Waals surface area (Å²) < 4.78 is 2.68. The predicted octanol–water partition coefficient (Wildman–Crippen LogP) is 14.1. The van der Waals surface area contributed by atoms with Crippen molar-refractivity contribution in [2.75, 3.05) is 0 Å². The third-order valence-corrected chi connectivity index (χ3v) is 11.4. The molecule has 0 aliphatic carbocycles. The van der Waals surface area contributed by atoms with Gasteiger partial charge in [-0.05, 0) is 105 Å². The van der Waals surface area contributed by atoms with E-state index in [1.165, 1.54) is 81.4 Å². The molecule has 9 rings (SSSR count). The molecule has 0 bridgehead atoms. The summed E-state index contributed by atoms with van der Waals surface area (Å²) >= 11 is 1.88. The number of benzene rings is 7. The van der Waals surface area contributed by atoms with Gasteiger partial charge in [-0.15, -0.1) is 11.3 Å². The number of hydrogen-bond acceptors (Lipinski definition) is 3. The van der Waals surface area contributed by atoms with Crippen LogP contribution in [0.2, 0.25) is 0 Å². The average Bonchev–Trinajstić information content (AvgIpc) is 3.61. The van der Waals surface area contributed by atoms with Gasteiger partial charge in [0.05, 0.1) is 0 Å². The lowest BCUT2D eigenvalue weighted by Gasteiger charge is -2.24. The van der Waals surface area contributed by atoms with Gasteiger partial charge in [0.2, 0.25) is 0 Å². The SMILES string of the molecule is CC.Cc1ccccc1-c1cccc(C2N=CC=C(c3cccc(-c4ccc(-c5cccc(-c6cccc7c6sc6ccccc67)c5)cc4)c3)N2)c1C. The van der Waals surface area contributed by atoms with Crippen LogP contribution >= 0.6 is 11.3 Å². The van der Waals surface area contributed by atoms with Crippen LogP contribution in [0.3, 0.4) is 0 Å². The van der Waals surface area contributed by atoms with Gasteiger partial charge in [-0.2, -0.15) is 0 Å². The third kappa shape index (κ3) is 6.61. The van der Waals surface area contributed by atoms with Crippen molar-refractivity contribution in [3.63, 3.8) is 0 Å². The molecule has 3 heteroatoms. The monoisotopic (exact) mass is 702 g/mol. The molecule has 2 nitrogen and oxygen atoms in total. The largest absolute Gasteiger partial charge is 0.360 e. The lowest BCUT2D eigenvalue weighted by Crippen LogP contribution is -2.22. The van der Waals surface area contributed by atoms with E-state index >= 15 is 0 Å². The predicted molar refractivity (Wildman–Crippen MR) is 231 cm³/mol. The molecule has 1 unspecified atom stereocenters. The lowest BCUT2D eigenvalue weighted by molar-refractivity contribution is 0.663. The van der Waals surface area contributed by atoms with E-state index in [2.05, 4.69) is 183 Å². The normalized spacial score (nSPS) is 13.7. The van der Waals surface area contributed by atoms with Crippen molar-refractivity contribution in [1.82, 2.24) is 5.32 Å². The minimum Gasteiger partial charge on any atom is -0.360 e. The van der Waals surface area contributed by atoms with E-state index in [1.807, 2.05) is 31.4 Å². The Kier molecular flexibility index (Phi) is 9.58. The second-order valence-corrected chi connectivity index (χ2v) is 14.3. The molecule has 1 aliphatic rings. The molecule has 258 valence electrons. The number of thiophene rings is 1. The van der Waals surface area contributed by atoms with E-state index in [0.717, 1.165) is 11.3 Å². The number of allylic oxidation sites excluding steroid dienone is 1. The Morgan fingerprint density at radius 2 is 1.09 bits per heavy atom. The van der Waals surface area contributed by atoms with E-state index in [0.29, 0.717) is 0 Å². The Hall–Kier alpha value is -6.03. The van der Waals surface area contributed by atoms with Crippen molar-refractivity contribution in [1.29, 1.82) is 0 Å². The summed E-state index contributed by atoms with van der Waals surface area (Å²) in [6, 6.07) is 57.2. The fraction of sp³-hybridized carbons (Fsp3) is 0.100. The van der Waals surface area contributed by atoms with E-state index in [9.17, 15) is 0 Å². The molecule has 0 radical (unpaired) electrons. The Bertz CT molecular complexity index is 2640. The molecular formula is C50H42N2S. The zero-order chi connectivity index (χ0) is 36.3. The number of aliphatic imine (C=N–C) groups is 1. The van der Waals surface area contributed by atoms with Gasteiger partial charge in [0, 0.05) is 32.1 Å². The highest BCUT2D eigenvalue weighted by molar-refractivity contribution is 7.26. The molecule has 8 aromatic rings. The van der Waals surface area contributed by atoms with Crippen molar-refractivity contribution >= 4 is 43.4 Å². The highest BCUT2D eigenvalue weighted by Gasteiger charge is 2.19. The molecule has 1 N–H and O–H groups in total. The zero-order valence-corrected chi connectivity index (χ0v) is 31.4. The smallest absolute Gasteiger partial charge is 0.144 e. The van der Waals surface area contributed by atoms with Gasteiger partial charge < -0.3 is 5.32 Å². The lowest BCUT2D eigenvalue weighted by atomic mass is 9.92. The van der Waals surface area contributed by atoms with Crippen LogP contribution in [-0.2, 0) is 0 Å². The average molecular weight is 703 g/mol. The Balaban J connectivity index is 0.00000197. The summed E-state index contributed by atoms with van der Waals surface area (Å²) in [7, 11) is 0. The van der Waals surface area contributed by atoms with Crippen LogP contribution in [-0.4, -0.2) is 6.21 Å². The molecule has 0 saturated heterocycles. The number of nitrogens with zero attached hydrogens (tertiary/aromatic N) is 1. The summed E-state index contributed by atoms with van der Waals surface area (Å²) in [5, 5.41) is 6.39. The van der Waals surface area contributed by atoms with Crippen molar-refractivity contribution in [3.05, 3.63) is 186 Å². The molecule has 0 fully saturated rings. The molecule has 7 aromatic carbocycles. The minimum absolute atomic E-state index is 0.154. The standard InChI is InChI=1S/C48H36N2S.C2H6/c1-31-11-3-4-16-39(31)40-18-9-19-41(32(40)2)48-49-28-27-45(50-48)38-15-8-13-36(30-38)34-25-23-33(24-26-34)35-12-7-14-37(29-35)42-20-10-21-44-43-17-5-6-22-46(43)51-47(42)44;1-2/h3-30,48,50H,1-2H3;1-2H3. The quantitative estimate of drug-likeness (QED) is 0.183. The fourth-order valence-electron chi connectivity index (χ4n) is 7.45. The highest BCUT2D eigenvalue weighted by atomic mass is 32.1. The van der Waals surface area contributed by atoms with Crippen LogP contribution in [0.5, 0.6) is 0 Å². The Labute approximate surface area is 316 Å². The van der Waals surface area contributed by atoms with Crippen molar-refractivity contribution < 1.29 is 0 Å². The molecule has 0 saturated carbocycles. The number of hydrogen-bond donors (Lipinski definition) is 1. The van der Waals surface area contributed by atoms with Gasteiger partial charge >= 0.3 is 0 Å². The minimum atomic E-state index is -0.154. The molecule has 0 spiro atoms. The number of nitrogens with one attached hydrogen (secondary N) is 1. The molecule has 1 aromatic heterocycles. The maximum Gasteiger partial charge on any atom is 0.144 e. The van der Waals surface area contributed by atoms with Gasteiger partial charge in [0.15, 0.2) is 0 Å². The number of rotatable bonds is 6. The summed E-state index contributed by atoms with van der Waals surface area (Å²) in [5.41, 5.74) is 15.8. The molecule has 0 amide bonds. The van der Waals surface area contributed by atoms with Crippen LogP contribution < -0.4 is 5.32 Å². The van der Waals surface area contributed by atoms with Crippen molar-refractivity contribution in [3.8, 4) is 44.5 Å². The molecule has 1 aliphatic heterocycles. The second-order valence-electron chi connectivity index (χ2n) is 13.3. The van der Waals surface area contributed by atoms with Crippen LogP contribution in [0, 0.1) is 13.8 Å². The van der Waals surface area contributed by atoms with E-state index in [1.54, 1.807) is 0 Å². The van der Waals surface area contributed by atoms with Gasteiger partial charge in [0.1, 0.15) is 6.17 Å². The molecule has 2 heterocycles. The first kappa shape index (κ1) is 34.1. The number of aryl methyl sites for hydroxylation is 1. The van der Waals surface area contributed by atoms with Gasteiger partial charge in [0.25, 0.3) is 0 Å². The number of fused-ring (bicyclic) bond motifs is 3. The van der Waals surface area contributed by atoms with Gasteiger partial charge in [-0.1, -0.05) is 153 Å². The second kappa shape index (κ2) is 14.9. The maximum absolute atomic E-state index is 4.85. The first-order valence-corrected chi connectivity index (χ1v) is 19.3. The Morgan fingerprint density at radius 1 is 0.509 bits per heavy atom. The van der Waals surface area contributed by atoms with Crippen LogP contribution in [0.15, 0.2) is 169 Å². The molecule has 53 heavy (non-hydrogen) atoms. The maximum atomic E-state index is 4.85. The summed E-state index contributed by atoms with van der Waals surface area (Å²) in [5.74, 6) is 0. The summed E-state index contributed by atoms with van der Waals surface area (Å²) in [4.78, 5) is 4.85. The van der Waals surface area contributed by atoms with Gasteiger partial charge in [-0.25, -0.2) is 0 Å². The van der Waals surface area contributed by atoms with E-state index in [4.69, 9.17) is 4.99 Å². The van der Waals surface area contributed by atoms with Crippen LogP contribution in [0.4, 0.5) is 0 Å². The summed E-state index contributed by atoms with van der Waals surface area (Å²) in [6.45, 7) is 8.38. The highest BCUT2D eigenvalue weighted by Crippen LogP contribution is 2.41. The van der Waals surface area contributed by atoms with Crippen molar-refractivity contribution in [2.45, 2.75) is 33.9 Å². The first-order chi connectivity index (χ1) is 26.1. The zero-order valence-electron chi connectivity index (χ0n) is 30.6. The van der Waals surface area contributed by atoms with Crippen LogP contribution in [0.25, 0.3) is 70.4 Å². The van der Waals surface area contributed by atoms with Crippen molar-refractivity contribution in [2.24, 2.45) is 4.99 Å².